The molecule has 0 fully saturated rings. The summed E-state index contributed by atoms with van der Waals surface area (Å²) in [5, 5.41) is 4.64. The molecule has 0 saturated heterocycles. The molecule has 3 aromatic rings. The number of nitrogen functional groups attached to an aromatic ring is 1. The number of anilines is 1. The molecule has 4 nitrogen and oxygen atoms in total. The Morgan fingerprint density at radius 1 is 1.09 bits per heavy atom. The second-order valence-electron chi connectivity index (χ2n) is 5.18. The number of aromatic amines is 1. The van der Waals surface area contributed by atoms with Crippen molar-refractivity contribution in [3.63, 3.8) is 0 Å². The number of fused-ring (bicyclic) bond motifs is 1. The first-order valence-corrected chi connectivity index (χ1v) is 7.36. The van der Waals surface area contributed by atoms with Gasteiger partial charge in [0.1, 0.15) is 0 Å². The fraction of sp³-hybridized carbons (Fsp3) is 0.118. The Morgan fingerprint density at radius 2 is 1.86 bits per heavy atom. The van der Waals surface area contributed by atoms with Gasteiger partial charge in [0.15, 0.2) is 5.43 Å². The van der Waals surface area contributed by atoms with E-state index in [0.717, 1.165) is 11.1 Å². The second kappa shape index (κ2) is 6.22. The molecule has 0 radical (unpaired) electrons. The van der Waals surface area contributed by atoms with Crippen LogP contribution in [0, 0.1) is 0 Å². The van der Waals surface area contributed by atoms with E-state index in [2.05, 4.69) is 10.3 Å². The maximum absolute atomic E-state index is 12.4. The highest BCUT2D eigenvalue weighted by atomic mass is 35.5. The van der Waals surface area contributed by atoms with E-state index in [0.29, 0.717) is 34.7 Å². The summed E-state index contributed by atoms with van der Waals surface area (Å²) in [5.41, 5.74) is 8.96. The van der Waals surface area contributed by atoms with Gasteiger partial charge in [0.05, 0.1) is 5.52 Å². The number of hydrogen-bond donors (Lipinski definition) is 3. The van der Waals surface area contributed by atoms with Gasteiger partial charge in [-0.3, -0.25) is 4.79 Å². The monoisotopic (exact) mass is 313 g/mol. The van der Waals surface area contributed by atoms with Gasteiger partial charge in [-0.1, -0.05) is 23.7 Å². The zero-order valence-corrected chi connectivity index (χ0v) is 12.7. The molecule has 0 amide bonds. The van der Waals surface area contributed by atoms with Crippen molar-refractivity contribution in [2.45, 2.75) is 13.1 Å². The average Bonchev–Trinajstić information content (AvgIpc) is 2.51. The van der Waals surface area contributed by atoms with Gasteiger partial charge >= 0.3 is 0 Å². The van der Waals surface area contributed by atoms with Crippen molar-refractivity contribution in [1.82, 2.24) is 10.3 Å². The molecule has 22 heavy (non-hydrogen) atoms. The van der Waals surface area contributed by atoms with Gasteiger partial charge in [-0.15, -0.1) is 0 Å². The molecule has 5 heteroatoms. The topological polar surface area (TPSA) is 70.9 Å². The molecule has 0 bridgehead atoms. The lowest BCUT2D eigenvalue weighted by atomic mass is 10.1. The largest absolute Gasteiger partial charge is 0.399 e. The van der Waals surface area contributed by atoms with Crippen molar-refractivity contribution in [3.05, 3.63) is 75.0 Å². The lowest BCUT2D eigenvalue weighted by Gasteiger charge is -2.06. The molecule has 3 rings (SSSR count). The smallest absolute Gasteiger partial charge is 0.193 e. The molecule has 0 aliphatic carbocycles. The van der Waals surface area contributed by atoms with Crippen LogP contribution in [0.25, 0.3) is 10.9 Å². The number of benzene rings is 2. The summed E-state index contributed by atoms with van der Waals surface area (Å²) in [6.07, 6.45) is 1.74. The van der Waals surface area contributed by atoms with E-state index in [4.69, 9.17) is 17.3 Å². The quantitative estimate of drug-likeness (QED) is 0.648. The zero-order valence-electron chi connectivity index (χ0n) is 11.9. The molecule has 2 aromatic carbocycles. The van der Waals surface area contributed by atoms with Crippen LogP contribution in [0.1, 0.15) is 11.1 Å². The van der Waals surface area contributed by atoms with Gasteiger partial charge in [-0.2, -0.15) is 0 Å². The number of rotatable bonds is 4. The van der Waals surface area contributed by atoms with Crippen LogP contribution >= 0.6 is 11.6 Å². The van der Waals surface area contributed by atoms with E-state index in [1.165, 1.54) is 0 Å². The van der Waals surface area contributed by atoms with Gasteiger partial charge in [-0.05, 0) is 35.9 Å². The predicted molar refractivity (Wildman–Crippen MR) is 91.0 cm³/mol. The highest BCUT2D eigenvalue weighted by Gasteiger charge is 2.05. The van der Waals surface area contributed by atoms with Crippen molar-refractivity contribution in [3.8, 4) is 0 Å². The van der Waals surface area contributed by atoms with Crippen molar-refractivity contribution in [1.29, 1.82) is 0 Å². The number of aromatic nitrogens is 1. The molecular formula is C17H16ClN3O. The predicted octanol–water partition coefficient (Wildman–Crippen LogP) is 3.05. The van der Waals surface area contributed by atoms with Crippen LogP contribution in [0.2, 0.25) is 5.02 Å². The molecule has 1 aromatic heterocycles. The van der Waals surface area contributed by atoms with E-state index in [9.17, 15) is 4.79 Å². The molecule has 0 saturated carbocycles. The van der Waals surface area contributed by atoms with Gasteiger partial charge in [0.2, 0.25) is 0 Å². The van der Waals surface area contributed by atoms with Gasteiger partial charge in [0, 0.05) is 40.9 Å². The normalized spacial score (nSPS) is 11.0. The summed E-state index contributed by atoms with van der Waals surface area (Å²) in [6, 6.07) is 12.9. The molecule has 1 heterocycles. The van der Waals surface area contributed by atoms with Crippen molar-refractivity contribution in [2.24, 2.45) is 0 Å². The molecule has 112 valence electrons. The Balaban J connectivity index is 1.74. The maximum atomic E-state index is 12.4. The van der Waals surface area contributed by atoms with Gasteiger partial charge < -0.3 is 16.0 Å². The zero-order chi connectivity index (χ0) is 15.5. The Morgan fingerprint density at radius 3 is 2.64 bits per heavy atom. The summed E-state index contributed by atoms with van der Waals surface area (Å²) in [5.74, 6) is 0. The van der Waals surface area contributed by atoms with Crippen LogP contribution in [0.5, 0.6) is 0 Å². The van der Waals surface area contributed by atoms with E-state index >= 15 is 0 Å². The minimum atomic E-state index is 0.0253. The SMILES string of the molecule is Nc1ccc2c(=O)c(CNCc3ccc(Cl)cc3)c[nH]c2c1. The molecule has 0 aliphatic heterocycles. The van der Waals surface area contributed by atoms with E-state index in [1.54, 1.807) is 24.4 Å². The summed E-state index contributed by atoms with van der Waals surface area (Å²) >= 11 is 5.85. The molecule has 0 atom stereocenters. The molecular weight excluding hydrogens is 298 g/mol. The van der Waals surface area contributed by atoms with Crippen molar-refractivity contribution < 1.29 is 0 Å². The third-order valence-electron chi connectivity index (χ3n) is 3.54. The highest BCUT2D eigenvalue weighted by Crippen LogP contribution is 2.12. The fourth-order valence-electron chi connectivity index (χ4n) is 2.36. The first-order valence-electron chi connectivity index (χ1n) is 6.98. The van der Waals surface area contributed by atoms with E-state index in [1.807, 2.05) is 24.3 Å². The Hall–Kier alpha value is -2.30. The first kappa shape index (κ1) is 14.6. The lowest BCUT2D eigenvalue weighted by Crippen LogP contribution is -2.19. The summed E-state index contributed by atoms with van der Waals surface area (Å²) < 4.78 is 0. The number of halogens is 1. The fourth-order valence-corrected chi connectivity index (χ4v) is 2.48. The third-order valence-corrected chi connectivity index (χ3v) is 3.79. The summed E-state index contributed by atoms with van der Waals surface area (Å²) in [4.78, 5) is 15.5. The number of hydrogen-bond acceptors (Lipinski definition) is 3. The van der Waals surface area contributed by atoms with Crippen LogP contribution in [0.4, 0.5) is 5.69 Å². The minimum absolute atomic E-state index is 0.0253. The van der Waals surface area contributed by atoms with Gasteiger partial charge in [0.25, 0.3) is 0 Å². The van der Waals surface area contributed by atoms with Crippen LogP contribution in [-0.2, 0) is 13.1 Å². The standard InChI is InChI=1S/C17H16ClN3O/c18-13-3-1-11(2-4-13)8-20-9-12-10-21-16-7-14(19)5-6-15(16)17(12)22/h1-7,10,20H,8-9,19H2,(H,21,22). The van der Waals surface area contributed by atoms with Crippen LogP contribution in [0.15, 0.2) is 53.5 Å². The summed E-state index contributed by atoms with van der Waals surface area (Å²) in [6.45, 7) is 1.18. The number of nitrogens with two attached hydrogens (primary N) is 1. The average molecular weight is 314 g/mol. The van der Waals surface area contributed by atoms with Crippen LogP contribution < -0.4 is 16.5 Å². The van der Waals surface area contributed by atoms with Gasteiger partial charge in [-0.25, -0.2) is 0 Å². The van der Waals surface area contributed by atoms with Crippen molar-refractivity contribution >= 4 is 28.2 Å². The third kappa shape index (κ3) is 3.13. The molecule has 0 aliphatic rings. The number of H-pyrrole nitrogens is 1. The minimum Gasteiger partial charge on any atom is -0.399 e. The van der Waals surface area contributed by atoms with Crippen molar-refractivity contribution in [2.75, 3.05) is 5.73 Å². The molecule has 4 N–H and O–H groups in total. The Bertz CT molecular complexity index is 856. The second-order valence-corrected chi connectivity index (χ2v) is 5.61. The number of pyridine rings is 1. The summed E-state index contributed by atoms with van der Waals surface area (Å²) in [7, 11) is 0. The lowest BCUT2D eigenvalue weighted by molar-refractivity contribution is 0.689. The maximum Gasteiger partial charge on any atom is 0.193 e. The van der Waals surface area contributed by atoms with Crippen LogP contribution in [0.3, 0.4) is 0 Å². The number of nitrogens with one attached hydrogen (secondary N) is 2. The molecule has 0 unspecified atom stereocenters. The Kier molecular flexibility index (Phi) is 4.13. The van der Waals surface area contributed by atoms with E-state index < -0.39 is 0 Å². The van der Waals surface area contributed by atoms with Crippen LogP contribution in [-0.4, -0.2) is 4.98 Å². The molecule has 0 spiro atoms. The first-order chi connectivity index (χ1) is 10.6. The highest BCUT2D eigenvalue weighted by molar-refractivity contribution is 6.30. The Labute approximate surface area is 132 Å². The van der Waals surface area contributed by atoms with E-state index in [-0.39, 0.29) is 5.43 Å².